The van der Waals surface area contributed by atoms with Crippen LogP contribution in [0.25, 0.3) is 11.4 Å². The van der Waals surface area contributed by atoms with E-state index in [9.17, 15) is 5.11 Å². The number of aromatic nitrogens is 3. The highest BCUT2D eigenvalue weighted by Crippen LogP contribution is 2.33. The zero-order valence-corrected chi connectivity index (χ0v) is 14.0. The molecule has 0 spiro atoms. The van der Waals surface area contributed by atoms with Crippen LogP contribution in [0.3, 0.4) is 0 Å². The minimum atomic E-state index is 0.197. The number of benzene rings is 1. The molecule has 0 amide bonds. The fourth-order valence-corrected chi connectivity index (χ4v) is 3.46. The Balaban J connectivity index is 1.60. The number of phenolic OH excluding ortho intramolecular Hbond substituents is 1. The summed E-state index contributed by atoms with van der Waals surface area (Å²) in [6, 6.07) is 13.3. The molecule has 5 heteroatoms. The van der Waals surface area contributed by atoms with E-state index in [0.29, 0.717) is 18.4 Å². The highest BCUT2D eigenvalue weighted by Gasteiger charge is 2.22. The molecule has 0 saturated heterocycles. The molecule has 1 fully saturated rings. The second-order valence-electron chi connectivity index (χ2n) is 6.40. The van der Waals surface area contributed by atoms with E-state index in [4.69, 9.17) is 4.74 Å². The fraction of sp³-hybridized carbons (Fsp3) is 0.300. The van der Waals surface area contributed by atoms with Crippen molar-refractivity contribution in [2.75, 3.05) is 0 Å². The van der Waals surface area contributed by atoms with Gasteiger partial charge in [0.05, 0.1) is 17.4 Å². The first-order valence-electron chi connectivity index (χ1n) is 8.71. The maximum absolute atomic E-state index is 9.57. The van der Waals surface area contributed by atoms with Gasteiger partial charge in [-0.05, 0) is 37.1 Å². The molecule has 0 radical (unpaired) electrons. The average molecular weight is 335 g/mol. The predicted octanol–water partition coefficient (Wildman–Crippen LogP) is 4.34. The topological polar surface area (TPSA) is 60.2 Å². The van der Waals surface area contributed by atoms with Crippen molar-refractivity contribution in [1.29, 1.82) is 0 Å². The maximum atomic E-state index is 9.57. The summed E-state index contributed by atoms with van der Waals surface area (Å²) in [5.74, 6) is 0.835. The van der Waals surface area contributed by atoms with Crippen LogP contribution < -0.4 is 4.74 Å². The van der Waals surface area contributed by atoms with E-state index in [-0.39, 0.29) is 5.75 Å². The standard InChI is InChI=1S/C20H21N3O2/c24-17-8-3-9-18(13-17)25-14-15-5-4-11-21-20(15)19-10-12-22-23(19)16-6-1-2-7-16/h3-5,8-13,16,24H,1-2,6-7,14H2. The van der Waals surface area contributed by atoms with Crippen LogP contribution in [0.5, 0.6) is 11.5 Å². The highest BCUT2D eigenvalue weighted by atomic mass is 16.5. The van der Waals surface area contributed by atoms with Crippen molar-refractivity contribution in [2.24, 2.45) is 0 Å². The van der Waals surface area contributed by atoms with Crippen molar-refractivity contribution >= 4 is 0 Å². The van der Waals surface area contributed by atoms with E-state index in [1.165, 1.54) is 25.7 Å². The number of ether oxygens (including phenoxy) is 1. The van der Waals surface area contributed by atoms with Gasteiger partial charge in [0.1, 0.15) is 18.1 Å². The minimum absolute atomic E-state index is 0.197. The molecule has 1 saturated carbocycles. The molecule has 5 nitrogen and oxygen atoms in total. The Hall–Kier alpha value is -2.82. The van der Waals surface area contributed by atoms with Gasteiger partial charge in [0.2, 0.25) is 0 Å². The summed E-state index contributed by atoms with van der Waals surface area (Å²) in [4.78, 5) is 4.59. The quantitative estimate of drug-likeness (QED) is 0.753. The summed E-state index contributed by atoms with van der Waals surface area (Å²) in [5.41, 5.74) is 2.96. The molecule has 0 unspecified atom stereocenters. The van der Waals surface area contributed by atoms with Gasteiger partial charge in [-0.3, -0.25) is 9.67 Å². The van der Waals surface area contributed by atoms with Crippen molar-refractivity contribution in [3.05, 3.63) is 60.4 Å². The predicted molar refractivity (Wildman–Crippen MR) is 95.4 cm³/mol. The average Bonchev–Trinajstić information content (AvgIpc) is 3.31. The number of nitrogens with zero attached hydrogens (tertiary/aromatic N) is 3. The van der Waals surface area contributed by atoms with Crippen LogP contribution in [0.15, 0.2) is 54.9 Å². The minimum Gasteiger partial charge on any atom is -0.508 e. The first-order valence-corrected chi connectivity index (χ1v) is 8.71. The number of rotatable bonds is 5. The monoisotopic (exact) mass is 335 g/mol. The molecule has 25 heavy (non-hydrogen) atoms. The molecule has 2 heterocycles. The summed E-state index contributed by atoms with van der Waals surface area (Å²) < 4.78 is 7.97. The van der Waals surface area contributed by atoms with E-state index < -0.39 is 0 Å². The highest BCUT2D eigenvalue weighted by molar-refractivity contribution is 5.59. The maximum Gasteiger partial charge on any atom is 0.123 e. The third-order valence-corrected chi connectivity index (χ3v) is 4.69. The van der Waals surface area contributed by atoms with E-state index in [2.05, 4.69) is 14.8 Å². The van der Waals surface area contributed by atoms with E-state index >= 15 is 0 Å². The first-order chi connectivity index (χ1) is 12.3. The Morgan fingerprint density at radius 3 is 2.80 bits per heavy atom. The molecule has 128 valence electrons. The van der Waals surface area contributed by atoms with Gasteiger partial charge in [0, 0.05) is 24.0 Å². The van der Waals surface area contributed by atoms with Crippen LogP contribution >= 0.6 is 0 Å². The van der Waals surface area contributed by atoms with Crippen LogP contribution in [-0.2, 0) is 6.61 Å². The fourth-order valence-electron chi connectivity index (χ4n) is 3.46. The summed E-state index contributed by atoms with van der Waals surface area (Å²) in [7, 11) is 0. The van der Waals surface area contributed by atoms with Crippen molar-refractivity contribution < 1.29 is 9.84 Å². The Labute approximate surface area is 146 Å². The summed E-state index contributed by atoms with van der Waals surface area (Å²) in [5, 5.41) is 14.1. The largest absolute Gasteiger partial charge is 0.508 e. The van der Waals surface area contributed by atoms with Gasteiger partial charge in [-0.25, -0.2) is 0 Å². The normalized spacial score (nSPS) is 14.7. The lowest BCUT2D eigenvalue weighted by Crippen LogP contribution is -2.10. The molecule has 4 rings (SSSR count). The van der Waals surface area contributed by atoms with Crippen molar-refractivity contribution in [3.63, 3.8) is 0 Å². The van der Waals surface area contributed by atoms with Gasteiger partial charge in [0.15, 0.2) is 0 Å². The molecule has 1 N–H and O–H groups in total. The SMILES string of the molecule is Oc1cccc(OCc2cccnc2-c2ccnn2C2CCCC2)c1. The molecular weight excluding hydrogens is 314 g/mol. The van der Waals surface area contributed by atoms with Crippen LogP contribution in [0, 0.1) is 0 Å². The van der Waals surface area contributed by atoms with Gasteiger partial charge in [-0.1, -0.05) is 25.0 Å². The van der Waals surface area contributed by atoms with E-state index in [1.54, 1.807) is 24.4 Å². The van der Waals surface area contributed by atoms with Crippen LogP contribution in [0.2, 0.25) is 0 Å². The summed E-state index contributed by atoms with van der Waals surface area (Å²) in [6.07, 6.45) is 8.54. The third kappa shape index (κ3) is 3.36. The zero-order chi connectivity index (χ0) is 17.1. The Morgan fingerprint density at radius 2 is 1.96 bits per heavy atom. The molecule has 2 aromatic heterocycles. The van der Waals surface area contributed by atoms with Gasteiger partial charge >= 0.3 is 0 Å². The van der Waals surface area contributed by atoms with Gasteiger partial charge in [-0.2, -0.15) is 5.10 Å². The van der Waals surface area contributed by atoms with E-state index in [0.717, 1.165) is 17.0 Å². The Kier molecular flexibility index (Phi) is 4.37. The number of aromatic hydroxyl groups is 1. The molecular formula is C20H21N3O2. The van der Waals surface area contributed by atoms with Crippen molar-refractivity contribution in [3.8, 4) is 22.9 Å². The summed E-state index contributed by atoms with van der Waals surface area (Å²) >= 11 is 0. The Morgan fingerprint density at radius 1 is 1.08 bits per heavy atom. The molecule has 1 aliphatic carbocycles. The zero-order valence-electron chi connectivity index (χ0n) is 14.0. The van der Waals surface area contributed by atoms with Gasteiger partial charge < -0.3 is 9.84 Å². The Bertz CT molecular complexity index is 853. The third-order valence-electron chi connectivity index (χ3n) is 4.69. The molecule has 1 aliphatic rings. The second-order valence-corrected chi connectivity index (χ2v) is 6.40. The smallest absolute Gasteiger partial charge is 0.123 e. The van der Waals surface area contributed by atoms with Crippen LogP contribution in [0.1, 0.15) is 37.3 Å². The molecule has 3 aromatic rings. The second kappa shape index (κ2) is 6.97. The lowest BCUT2D eigenvalue weighted by atomic mass is 10.1. The lowest BCUT2D eigenvalue weighted by molar-refractivity contribution is 0.304. The van der Waals surface area contributed by atoms with Crippen LogP contribution in [-0.4, -0.2) is 19.9 Å². The van der Waals surface area contributed by atoms with Crippen molar-refractivity contribution in [1.82, 2.24) is 14.8 Å². The number of hydrogen-bond donors (Lipinski definition) is 1. The number of hydrogen-bond acceptors (Lipinski definition) is 4. The first kappa shape index (κ1) is 15.7. The van der Waals surface area contributed by atoms with Crippen LogP contribution in [0.4, 0.5) is 0 Å². The molecule has 0 aliphatic heterocycles. The lowest BCUT2D eigenvalue weighted by Gasteiger charge is -2.16. The van der Waals surface area contributed by atoms with Gasteiger partial charge in [-0.15, -0.1) is 0 Å². The van der Waals surface area contributed by atoms with Crippen molar-refractivity contribution in [2.45, 2.75) is 38.3 Å². The number of phenols is 1. The number of pyridine rings is 1. The molecule has 1 aromatic carbocycles. The summed E-state index contributed by atoms with van der Waals surface area (Å²) in [6.45, 7) is 0.391. The van der Waals surface area contributed by atoms with E-state index in [1.807, 2.05) is 30.5 Å². The molecule has 0 atom stereocenters. The van der Waals surface area contributed by atoms with Gasteiger partial charge in [0.25, 0.3) is 0 Å². The molecule has 0 bridgehead atoms.